The number of benzene rings is 1. The second-order valence-electron chi connectivity index (χ2n) is 6.63. The van der Waals surface area contributed by atoms with Crippen LogP contribution in [0.15, 0.2) is 45.2 Å². The van der Waals surface area contributed by atoms with E-state index in [0.29, 0.717) is 22.3 Å². The highest BCUT2D eigenvalue weighted by Crippen LogP contribution is 2.48. The topological polar surface area (TPSA) is 77.5 Å². The Bertz CT molecular complexity index is 1080. The third-order valence-electron chi connectivity index (χ3n) is 4.63. The molecule has 0 bridgehead atoms. The third kappa shape index (κ3) is 3.13. The largest absolute Gasteiger partial charge is 0.289 e. The lowest BCUT2D eigenvalue weighted by molar-refractivity contribution is 0.104. The molecule has 0 saturated carbocycles. The second-order valence-corrected chi connectivity index (χ2v) is 8.83. The fourth-order valence-electron chi connectivity index (χ4n) is 3.07. The lowest BCUT2D eigenvalue weighted by Crippen LogP contribution is -2.19. The molecule has 6 heteroatoms. The second kappa shape index (κ2) is 7.38. The number of Topliss-reactive ketones (excluding diaryl/α,β-unsaturated/α-hetero) is 1. The first-order chi connectivity index (χ1) is 12.9. The molecule has 0 spiro atoms. The van der Waals surface area contributed by atoms with Crippen molar-refractivity contribution >= 4 is 45.3 Å². The number of rotatable bonds is 3. The van der Waals surface area contributed by atoms with Gasteiger partial charge < -0.3 is 0 Å². The number of halogens is 1. The minimum absolute atomic E-state index is 0.0354. The smallest absolute Gasteiger partial charge is 0.195 e. The van der Waals surface area contributed by atoms with Crippen LogP contribution in [0.3, 0.4) is 0 Å². The molecular formula is C21H16IN3OS. The van der Waals surface area contributed by atoms with Crippen LogP contribution in [0.5, 0.6) is 0 Å². The number of hydrogen-bond donors (Lipinski definition) is 0. The fourth-order valence-corrected chi connectivity index (χ4v) is 5.03. The number of thiazole rings is 1. The highest BCUT2D eigenvalue weighted by atomic mass is 127. The molecule has 0 aliphatic heterocycles. The maximum atomic E-state index is 13.2. The Morgan fingerprint density at radius 3 is 2.37 bits per heavy atom. The summed E-state index contributed by atoms with van der Waals surface area (Å²) in [4.78, 5) is 18.7. The van der Waals surface area contributed by atoms with Crippen LogP contribution in [0.1, 0.15) is 46.6 Å². The highest BCUT2D eigenvalue weighted by molar-refractivity contribution is 14.1. The molecule has 1 aromatic carbocycles. The van der Waals surface area contributed by atoms with Crippen LogP contribution in [-0.2, 0) is 11.8 Å². The number of allylic oxidation sites excluding steroid dienone is 4. The van der Waals surface area contributed by atoms with E-state index >= 15 is 0 Å². The van der Waals surface area contributed by atoms with Gasteiger partial charge in [0.1, 0.15) is 17.7 Å². The molecule has 1 aliphatic rings. The van der Waals surface area contributed by atoms with E-state index in [0.717, 1.165) is 19.9 Å². The summed E-state index contributed by atoms with van der Waals surface area (Å²) in [5.74, 6) is -0.138. The number of ketones is 1. The first kappa shape index (κ1) is 19.5. The normalized spacial score (nSPS) is 15.2. The molecule has 0 radical (unpaired) electrons. The number of nitrogens with zero attached hydrogens (tertiary/aromatic N) is 3. The number of fused-ring (bicyclic) bond motifs is 1. The SMILES string of the molecule is CCc1ncc(C(C)(C)/C(I)=C2\C(=O)c3ccccc3C2=C(C#N)C#N)s1. The molecule has 1 heterocycles. The molecule has 4 nitrogen and oxygen atoms in total. The number of aryl methyl sites for hydroxylation is 1. The summed E-state index contributed by atoms with van der Waals surface area (Å²) >= 11 is 3.82. The zero-order valence-corrected chi connectivity index (χ0v) is 18.1. The van der Waals surface area contributed by atoms with Crippen LogP contribution in [0.2, 0.25) is 0 Å². The summed E-state index contributed by atoms with van der Waals surface area (Å²) in [6.45, 7) is 6.14. The molecule has 0 N–H and O–H groups in total. The Labute approximate surface area is 176 Å². The van der Waals surface area contributed by atoms with Gasteiger partial charge >= 0.3 is 0 Å². The van der Waals surface area contributed by atoms with Crippen molar-refractivity contribution in [3.05, 3.63) is 66.2 Å². The number of nitriles is 2. The number of carbonyl (C=O) groups is 1. The summed E-state index contributed by atoms with van der Waals surface area (Å²) in [5.41, 5.74) is 1.59. The van der Waals surface area contributed by atoms with Gasteiger partial charge in [0.15, 0.2) is 5.78 Å². The predicted octanol–water partition coefficient (Wildman–Crippen LogP) is 5.37. The summed E-state index contributed by atoms with van der Waals surface area (Å²) < 4.78 is 0.811. The molecule has 0 unspecified atom stereocenters. The van der Waals surface area contributed by atoms with Gasteiger partial charge in [-0.2, -0.15) is 10.5 Å². The first-order valence-corrected chi connectivity index (χ1v) is 10.3. The van der Waals surface area contributed by atoms with E-state index in [2.05, 4.69) is 34.5 Å². The van der Waals surface area contributed by atoms with Gasteiger partial charge in [0.25, 0.3) is 0 Å². The summed E-state index contributed by atoms with van der Waals surface area (Å²) in [6, 6.07) is 11.1. The molecule has 1 aliphatic carbocycles. The van der Waals surface area contributed by atoms with Crippen LogP contribution < -0.4 is 0 Å². The average Bonchev–Trinajstić information content (AvgIpc) is 3.27. The minimum atomic E-state index is -0.458. The van der Waals surface area contributed by atoms with E-state index in [9.17, 15) is 15.3 Å². The zero-order chi connectivity index (χ0) is 19.8. The Kier molecular flexibility index (Phi) is 5.32. The van der Waals surface area contributed by atoms with Crippen LogP contribution in [0.25, 0.3) is 5.57 Å². The first-order valence-electron chi connectivity index (χ1n) is 8.41. The molecule has 1 aromatic heterocycles. The van der Waals surface area contributed by atoms with Crippen molar-refractivity contribution < 1.29 is 4.79 Å². The Balaban J connectivity index is 2.30. The van der Waals surface area contributed by atoms with Gasteiger partial charge in [-0.3, -0.25) is 4.79 Å². The van der Waals surface area contributed by atoms with E-state index in [1.165, 1.54) is 0 Å². The number of hydrogen-bond acceptors (Lipinski definition) is 5. The molecule has 0 atom stereocenters. The van der Waals surface area contributed by atoms with Crippen molar-refractivity contribution in [1.82, 2.24) is 4.98 Å². The van der Waals surface area contributed by atoms with Crippen molar-refractivity contribution in [3.63, 3.8) is 0 Å². The summed E-state index contributed by atoms with van der Waals surface area (Å²) in [7, 11) is 0. The Hall–Kier alpha value is -2.29. The number of carbonyl (C=O) groups excluding carboxylic acids is 1. The molecule has 0 amide bonds. The maximum Gasteiger partial charge on any atom is 0.195 e. The predicted molar refractivity (Wildman–Crippen MR) is 114 cm³/mol. The van der Waals surface area contributed by atoms with Gasteiger partial charge in [0.05, 0.1) is 5.01 Å². The Morgan fingerprint density at radius 1 is 1.19 bits per heavy atom. The zero-order valence-electron chi connectivity index (χ0n) is 15.1. The van der Waals surface area contributed by atoms with E-state index in [1.807, 2.05) is 38.2 Å². The van der Waals surface area contributed by atoms with Gasteiger partial charge in [-0.25, -0.2) is 4.98 Å². The van der Waals surface area contributed by atoms with Crippen molar-refractivity contribution in [3.8, 4) is 12.1 Å². The van der Waals surface area contributed by atoms with Gasteiger partial charge in [-0.15, -0.1) is 11.3 Å². The van der Waals surface area contributed by atoms with E-state index in [1.54, 1.807) is 29.5 Å². The van der Waals surface area contributed by atoms with Gasteiger partial charge in [-0.05, 0) is 34.6 Å². The van der Waals surface area contributed by atoms with Crippen LogP contribution in [0, 0.1) is 22.7 Å². The lowest BCUT2D eigenvalue weighted by Gasteiger charge is -2.24. The van der Waals surface area contributed by atoms with E-state index < -0.39 is 5.41 Å². The van der Waals surface area contributed by atoms with E-state index in [4.69, 9.17) is 0 Å². The monoisotopic (exact) mass is 485 g/mol. The highest BCUT2D eigenvalue weighted by Gasteiger charge is 2.39. The molecule has 0 saturated heterocycles. The lowest BCUT2D eigenvalue weighted by atomic mass is 9.86. The fraction of sp³-hybridized carbons (Fsp3) is 0.238. The third-order valence-corrected chi connectivity index (χ3v) is 7.99. The standard InChI is InChI=1S/C21H16IN3OS/c1-4-16-25-11-15(27-16)21(2,3)20(22)18-17(12(9-23)10-24)13-7-5-6-8-14(13)19(18)26/h5-8,11H,4H2,1-3H3/b20-18+. The van der Waals surface area contributed by atoms with Gasteiger partial charge in [-0.1, -0.05) is 45.0 Å². The Morgan fingerprint density at radius 2 is 1.81 bits per heavy atom. The summed E-state index contributed by atoms with van der Waals surface area (Å²) in [5, 5.41) is 20.0. The van der Waals surface area contributed by atoms with Crippen molar-refractivity contribution in [2.75, 3.05) is 0 Å². The summed E-state index contributed by atoms with van der Waals surface area (Å²) in [6.07, 6.45) is 2.71. The molecular weight excluding hydrogens is 469 g/mol. The maximum absolute atomic E-state index is 13.2. The van der Waals surface area contributed by atoms with Crippen molar-refractivity contribution in [1.29, 1.82) is 10.5 Å². The van der Waals surface area contributed by atoms with Crippen molar-refractivity contribution in [2.24, 2.45) is 0 Å². The molecule has 27 heavy (non-hydrogen) atoms. The van der Waals surface area contributed by atoms with Crippen LogP contribution in [-0.4, -0.2) is 10.8 Å². The van der Waals surface area contributed by atoms with Gasteiger partial charge in [0, 0.05) is 36.8 Å². The number of aromatic nitrogens is 1. The quantitative estimate of drug-likeness (QED) is 0.333. The van der Waals surface area contributed by atoms with Crippen LogP contribution >= 0.6 is 33.9 Å². The average molecular weight is 485 g/mol. The molecule has 134 valence electrons. The molecule has 0 fully saturated rings. The van der Waals surface area contributed by atoms with Gasteiger partial charge in [0.2, 0.25) is 0 Å². The van der Waals surface area contributed by atoms with Crippen LogP contribution in [0.4, 0.5) is 0 Å². The van der Waals surface area contributed by atoms with E-state index in [-0.39, 0.29) is 11.4 Å². The molecule has 2 aromatic rings. The molecule has 3 rings (SSSR count). The minimum Gasteiger partial charge on any atom is -0.289 e. The van der Waals surface area contributed by atoms with Crippen molar-refractivity contribution in [2.45, 2.75) is 32.6 Å².